The number of carbonyl (C=O) groups excluding carboxylic acids is 3. The summed E-state index contributed by atoms with van der Waals surface area (Å²) in [6.45, 7) is 12.6. The Labute approximate surface area is 112 Å². The minimum Gasteiger partial charge on any atom is -0.379 e. The van der Waals surface area contributed by atoms with Crippen LogP contribution in [0.1, 0.15) is 27.7 Å². The summed E-state index contributed by atoms with van der Waals surface area (Å²) in [4.78, 5) is 37.8. The molecule has 0 aliphatic rings. The molecule has 19 heavy (non-hydrogen) atoms. The predicted octanol–water partition coefficient (Wildman–Crippen LogP) is 1.37. The Morgan fingerprint density at radius 2 is 1.68 bits per heavy atom. The SMILES string of the molecule is C=C(C)C(=O)C(C)C(O)(C(=O)C(=C)C)C(C)N=C=O. The van der Waals surface area contributed by atoms with Gasteiger partial charge in [-0.25, -0.2) is 4.79 Å². The lowest BCUT2D eigenvalue weighted by molar-refractivity contribution is -0.147. The molecule has 0 heterocycles. The average Bonchev–Trinajstić information content (AvgIpc) is 2.34. The summed E-state index contributed by atoms with van der Waals surface area (Å²) in [6.07, 6.45) is 1.29. The van der Waals surface area contributed by atoms with Gasteiger partial charge in [0.05, 0.1) is 12.0 Å². The first-order chi connectivity index (χ1) is 8.60. The van der Waals surface area contributed by atoms with Crippen LogP contribution in [0.5, 0.6) is 0 Å². The van der Waals surface area contributed by atoms with Gasteiger partial charge in [-0.15, -0.1) is 0 Å². The van der Waals surface area contributed by atoms with Crippen LogP contribution < -0.4 is 0 Å². The molecule has 0 radical (unpaired) electrons. The van der Waals surface area contributed by atoms with Crippen LogP contribution in [0, 0.1) is 5.92 Å². The molecule has 0 bridgehead atoms. The van der Waals surface area contributed by atoms with Gasteiger partial charge < -0.3 is 5.11 Å². The number of isocyanates is 1. The van der Waals surface area contributed by atoms with Gasteiger partial charge in [0, 0.05) is 0 Å². The standard InChI is InChI=1S/C14H19NO4/c1-8(2)12(17)10(5)14(19,11(6)15-7-16)13(18)9(3)4/h10-11,19H,1,3H2,2,4-6H3. The molecule has 104 valence electrons. The van der Waals surface area contributed by atoms with Gasteiger partial charge in [0.15, 0.2) is 17.2 Å². The normalized spacial score (nSPS) is 16.5. The third-order valence-corrected chi connectivity index (χ3v) is 3.11. The van der Waals surface area contributed by atoms with E-state index in [0.717, 1.165) is 0 Å². The zero-order valence-electron chi connectivity index (χ0n) is 11.7. The minimum absolute atomic E-state index is 0.0804. The van der Waals surface area contributed by atoms with Crippen LogP contribution in [0.3, 0.4) is 0 Å². The van der Waals surface area contributed by atoms with Gasteiger partial charge in [-0.05, 0) is 31.9 Å². The fourth-order valence-corrected chi connectivity index (χ4v) is 1.84. The highest BCUT2D eigenvalue weighted by Crippen LogP contribution is 2.29. The number of nitrogens with zero attached hydrogens (tertiary/aromatic N) is 1. The van der Waals surface area contributed by atoms with Gasteiger partial charge in [-0.3, -0.25) is 9.59 Å². The van der Waals surface area contributed by atoms with Crippen LogP contribution in [0.2, 0.25) is 0 Å². The van der Waals surface area contributed by atoms with Crippen LogP contribution in [-0.2, 0) is 14.4 Å². The lowest BCUT2D eigenvalue weighted by atomic mass is 9.74. The van der Waals surface area contributed by atoms with Crippen LogP contribution in [0.25, 0.3) is 0 Å². The Hall–Kier alpha value is -1.84. The van der Waals surface area contributed by atoms with E-state index >= 15 is 0 Å². The fraction of sp³-hybridized carbons (Fsp3) is 0.500. The number of aliphatic hydroxyl groups is 1. The number of rotatable bonds is 7. The highest BCUT2D eigenvalue weighted by atomic mass is 16.3. The number of aliphatic imine (C=N–C) groups is 1. The molecular formula is C14H19NO4. The van der Waals surface area contributed by atoms with Gasteiger partial charge >= 0.3 is 0 Å². The van der Waals surface area contributed by atoms with Crippen molar-refractivity contribution in [2.24, 2.45) is 10.9 Å². The summed E-state index contributed by atoms with van der Waals surface area (Å²) in [5, 5.41) is 10.6. The van der Waals surface area contributed by atoms with Crippen LogP contribution in [-0.4, -0.2) is 34.4 Å². The molecule has 0 saturated heterocycles. The highest BCUT2D eigenvalue weighted by Gasteiger charge is 2.49. The molecule has 0 saturated carbocycles. The van der Waals surface area contributed by atoms with E-state index in [2.05, 4.69) is 18.2 Å². The first-order valence-corrected chi connectivity index (χ1v) is 5.80. The molecule has 0 aromatic heterocycles. The quantitative estimate of drug-likeness (QED) is 0.428. The zero-order chi connectivity index (χ0) is 15.4. The van der Waals surface area contributed by atoms with Crippen molar-refractivity contribution in [2.45, 2.75) is 39.3 Å². The summed E-state index contributed by atoms with van der Waals surface area (Å²) in [5.41, 5.74) is -1.83. The summed E-state index contributed by atoms with van der Waals surface area (Å²) in [6, 6.07) is -1.10. The van der Waals surface area contributed by atoms with Crippen molar-refractivity contribution in [1.29, 1.82) is 0 Å². The Morgan fingerprint density at radius 1 is 1.21 bits per heavy atom. The molecule has 0 fully saturated rings. The first-order valence-electron chi connectivity index (χ1n) is 5.80. The van der Waals surface area contributed by atoms with Gasteiger partial charge in [-0.2, -0.15) is 4.99 Å². The van der Waals surface area contributed by atoms with Crippen molar-refractivity contribution in [3.05, 3.63) is 24.3 Å². The number of Topliss-reactive ketones (excluding diaryl/α,β-unsaturated/α-hetero) is 2. The molecule has 0 aliphatic heterocycles. The second-order valence-corrected chi connectivity index (χ2v) is 4.70. The fourth-order valence-electron chi connectivity index (χ4n) is 1.84. The Kier molecular flexibility index (Phi) is 5.75. The van der Waals surface area contributed by atoms with Crippen molar-refractivity contribution in [2.75, 3.05) is 0 Å². The van der Waals surface area contributed by atoms with Gasteiger partial charge in [-0.1, -0.05) is 20.1 Å². The van der Waals surface area contributed by atoms with Crippen molar-refractivity contribution >= 4 is 17.6 Å². The molecule has 5 nitrogen and oxygen atoms in total. The van der Waals surface area contributed by atoms with Gasteiger partial charge in [0.2, 0.25) is 6.08 Å². The predicted molar refractivity (Wildman–Crippen MR) is 71.3 cm³/mol. The van der Waals surface area contributed by atoms with E-state index in [4.69, 9.17) is 0 Å². The maximum absolute atomic E-state index is 12.1. The summed E-state index contributed by atoms with van der Waals surface area (Å²) < 4.78 is 0. The van der Waals surface area contributed by atoms with Gasteiger partial charge in [0.25, 0.3) is 0 Å². The largest absolute Gasteiger partial charge is 0.379 e. The maximum atomic E-state index is 12.1. The molecular weight excluding hydrogens is 246 g/mol. The summed E-state index contributed by atoms with van der Waals surface area (Å²) in [5.74, 6) is -2.27. The van der Waals surface area contributed by atoms with Crippen LogP contribution in [0.15, 0.2) is 29.3 Å². The molecule has 3 atom stereocenters. The lowest BCUT2D eigenvalue weighted by Gasteiger charge is -2.34. The Morgan fingerprint density at radius 3 is 2.00 bits per heavy atom. The van der Waals surface area contributed by atoms with E-state index in [0.29, 0.717) is 0 Å². The number of ketones is 2. The average molecular weight is 265 g/mol. The van der Waals surface area contributed by atoms with E-state index in [1.165, 1.54) is 33.8 Å². The molecule has 0 spiro atoms. The second-order valence-electron chi connectivity index (χ2n) is 4.70. The molecule has 0 rings (SSSR count). The van der Waals surface area contributed by atoms with E-state index < -0.39 is 29.1 Å². The molecule has 5 heteroatoms. The molecule has 3 unspecified atom stereocenters. The molecule has 0 aromatic carbocycles. The van der Waals surface area contributed by atoms with E-state index in [-0.39, 0.29) is 11.1 Å². The summed E-state index contributed by atoms with van der Waals surface area (Å²) in [7, 11) is 0. The van der Waals surface area contributed by atoms with Crippen LogP contribution in [0.4, 0.5) is 0 Å². The van der Waals surface area contributed by atoms with Crippen molar-refractivity contribution in [1.82, 2.24) is 0 Å². The van der Waals surface area contributed by atoms with Crippen LogP contribution >= 0.6 is 0 Å². The maximum Gasteiger partial charge on any atom is 0.235 e. The Balaban J connectivity index is 5.83. The third kappa shape index (κ3) is 3.34. The minimum atomic E-state index is -2.13. The van der Waals surface area contributed by atoms with Crippen molar-refractivity contribution < 1.29 is 19.5 Å². The topological polar surface area (TPSA) is 83.8 Å². The molecule has 0 aromatic rings. The first kappa shape index (κ1) is 17.2. The molecule has 0 amide bonds. The second kappa shape index (κ2) is 6.36. The molecule has 0 aliphatic carbocycles. The van der Waals surface area contributed by atoms with Crippen molar-refractivity contribution in [3.63, 3.8) is 0 Å². The number of carbonyl (C=O) groups is 2. The summed E-state index contributed by atoms with van der Waals surface area (Å²) >= 11 is 0. The van der Waals surface area contributed by atoms with Gasteiger partial charge in [0.1, 0.15) is 0 Å². The number of hydrogen-bond acceptors (Lipinski definition) is 5. The Bertz CT molecular complexity index is 474. The lowest BCUT2D eigenvalue weighted by Crippen LogP contribution is -2.55. The highest BCUT2D eigenvalue weighted by molar-refractivity contribution is 6.07. The third-order valence-electron chi connectivity index (χ3n) is 3.11. The molecule has 1 N–H and O–H groups in total. The number of hydrogen-bond donors (Lipinski definition) is 1. The van der Waals surface area contributed by atoms with E-state index in [1.54, 1.807) is 0 Å². The monoisotopic (exact) mass is 265 g/mol. The van der Waals surface area contributed by atoms with Crippen molar-refractivity contribution in [3.8, 4) is 0 Å². The smallest absolute Gasteiger partial charge is 0.235 e. The zero-order valence-corrected chi connectivity index (χ0v) is 11.7. The van der Waals surface area contributed by atoms with E-state index in [1.807, 2.05) is 0 Å². The van der Waals surface area contributed by atoms with E-state index in [9.17, 15) is 19.5 Å². The number of allylic oxidation sites excluding steroid dienone is 1.